The van der Waals surface area contributed by atoms with Gasteiger partial charge in [0.1, 0.15) is 5.56 Å². The second kappa shape index (κ2) is 5.36. The van der Waals surface area contributed by atoms with Crippen LogP contribution in [0.2, 0.25) is 0 Å². The smallest absolute Gasteiger partial charge is 0.341 e. The van der Waals surface area contributed by atoms with Gasteiger partial charge in [-0.3, -0.25) is 4.98 Å². The van der Waals surface area contributed by atoms with E-state index >= 15 is 0 Å². The fourth-order valence-electron chi connectivity index (χ4n) is 2.27. The normalized spacial score (nSPS) is 10.8. The Morgan fingerprint density at radius 3 is 2.90 bits per heavy atom. The summed E-state index contributed by atoms with van der Waals surface area (Å²) in [6.45, 7) is 3.93. The number of pyridine rings is 1. The Bertz CT molecular complexity index is 803. The van der Waals surface area contributed by atoms with E-state index in [-0.39, 0.29) is 5.97 Å². The van der Waals surface area contributed by atoms with Gasteiger partial charge in [-0.2, -0.15) is 5.10 Å². The molecule has 0 amide bonds. The summed E-state index contributed by atoms with van der Waals surface area (Å²) in [5.74, 6) is -0.348. The van der Waals surface area contributed by atoms with Gasteiger partial charge in [0, 0.05) is 17.8 Å². The zero-order valence-electron chi connectivity index (χ0n) is 11.9. The van der Waals surface area contributed by atoms with Crippen LogP contribution >= 0.6 is 0 Å². The molecule has 0 fully saturated rings. The summed E-state index contributed by atoms with van der Waals surface area (Å²) < 4.78 is 6.74. The number of nitrogens with zero attached hydrogens (tertiary/aromatic N) is 3. The molecular formula is C16H15N3O2. The number of fused-ring (bicyclic) bond motifs is 1. The van der Waals surface area contributed by atoms with Crippen LogP contribution in [0.1, 0.15) is 23.0 Å². The highest BCUT2D eigenvalue weighted by atomic mass is 16.5. The van der Waals surface area contributed by atoms with Crippen molar-refractivity contribution in [2.75, 3.05) is 6.61 Å². The van der Waals surface area contributed by atoms with E-state index in [0.717, 1.165) is 16.6 Å². The number of aromatic nitrogens is 3. The molecule has 0 saturated heterocycles. The van der Waals surface area contributed by atoms with Crippen LogP contribution in [0.3, 0.4) is 0 Å². The maximum atomic E-state index is 11.9. The monoisotopic (exact) mass is 281 g/mol. The number of esters is 1. The van der Waals surface area contributed by atoms with Crippen LogP contribution < -0.4 is 0 Å². The minimum atomic E-state index is -0.348. The number of ether oxygens (including phenoxy) is 1. The second-order valence-electron chi connectivity index (χ2n) is 4.64. The van der Waals surface area contributed by atoms with Crippen molar-refractivity contribution in [3.63, 3.8) is 0 Å². The van der Waals surface area contributed by atoms with Crippen LogP contribution in [0.25, 0.3) is 16.6 Å². The van der Waals surface area contributed by atoms with Crippen LogP contribution in [0.15, 0.2) is 42.7 Å². The third kappa shape index (κ3) is 2.38. The van der Waals surface area contributed by atoms with Crippen molar-refractivity contribution in [2.24, 2.45) is 0 Å². The Kier molecular flexibility index (Phi) is 3.39. The minimum absolute atomic E-state index is 0.348. The van der Waals surface area contributed by atoms with E-state index in [1.54, 1.807) is 30.9 Å². The fraction of sp³-hybridized carbons (Fsp3) is 0.188. The number of para-hydroxylation sites is 1. The zero-order chi connectivity index (χ0) is 14.8. The molecule has 0 radical (unpaired) electrons. The first-order chi connectivity index (χ1) is 10.2. The lowest BCUT2D eigenvalue weighted by atomic mass is 10.2. The lowest BCUT2D eigenvalue weighted by Gasteiger charge is -2.05. The van der Waals surface area contributed by atoms with E-state index in [4.69, 9.17) is 4.74 Å². The Morgan fingerprint density at radius 1 is 1.29 bits per heavy atom. The van der Waals surface area contributed by atoms with Crippen LogP contribution in [-0.4, -0.2) is 27.3 Å². The lowest BCUT2D eigenvalue weighted by molar-refractivity contribution is 0.0525. The van der Waals surface area contributed by atoms with E-state index < -0.39 is 0 Å². The summed E-state index contributed by atoms with van der Waals surface area (Å²) >= 11 is 0. The second-order valence-corrected chi connectivity index (χ2v) is 4.64. The van der Waals surface area contributed by atoms with Gasteiger partial charge in [0.15, 0.2) is 0 Å². The SMILES string of the molecule is CCOC(=O)c1cn(-c2ccnc3ccccc23)nc1C. The molecule has 0 aliphatic carbocycles. The molecule has 0 unspecified atom stereocenters. The van der Waals surface area contributed by atoms with Crippen molar-refractivity contribution in [3.8, 4) is 5.69 Å². The zero-order valence-corrected chi connectivity index (χ0v) is 11.9. The largest absolute Gasteiger partial charge is 0.462 e. The third-order valence-electron chi connectivity index (χ3n) is 3.27. The predicted octanol–water partition coefficient (Wildman–Crippen LogP) is 2.91. The number of benzene rings is 1. The van der Waals surface area contributed by atoms with Crippen molar-refractivity contribution in [2.45, 2.75) is 13.8 Å². The van der Waals surface area contributed by atoms with Gasteiger partial charge in [-0.15, -0.1) is 0 Å². The molecule has 0 aliphatic rings. The molecule has 5 heteroatoms. The molecule has 106 valence electrons. The molecule has 5 nitrogen and oxygen atoms in total. The van der Waals surface area contributed by atoms with Gasteiger partial charge in [-0.05, 0) is 26.0 Å². The molecule has 0 saturated carbocycles. The van der Waals surface area contributed by atoms with E-state index in [9.17, 15) is 4.79 Å². The summed E-state index contributed by atoms with van der Waals surface area (Å²) in [6, 6.07) is 9.71. The Labute approximate surface area is 122 Å². The van der Waals surface area contributed by atoms with Gasteiger partial charge in [-0.1, -0.05) is 18.2 Å². The molecule has 0 spiro atoms. The number of carbonyl (C=O) groups excluding carboxylic acids is 1. The van der Waals surface area contributed by atoms with E-state index in [1.807, 2.05) is 30.3 Å². The minimum Gasteiger partial charge on any atom is -0.462 e. The van der Waals surface area contributed by atoms with Crippen molar-refractivity contribution in [3.05, 3.63) is 54.0 Å². The molecule has 0 N–H and O–H groups in total. The number of carbonyl (C=O) groups is 1. The quantitative estimate of drug-likeness (QED) is 0.693. The fourth-order valence-corrected chi connectivity index (χ4v) is 2.27. The van der Waals surface area contributed by atoms with Crippen molar-refractivity contribution in [1.29, 1.82) is 0 Å². The summed E-state index contributed by atoms with van der Waals surface area (Å²) in [5, 5.41) is 5.41. The van der Waals surface area contributed by atoms with Crippen LogP contribution in [0, 0.1) is 6.92 Å². The maximum absolute atomic E-state index is 11.9. The Hall–Kier alpha value is -2.69. The molecule has 21 heavy (non-hydrogen) atoms. The topological polar surface area (TPSA) is 57.0 Å². The molecule has 2 aromatic heterocycles. The highest BCUT2D eigenvalue weighted by Gasteiger charge is 2.16. The van der Waals surface area contributed by atoms with E-state index in [1.165, 1.54) is 0 Å². The van der Waals surface area contributed by atoms with Crippen molar-refractivity contribution >= 4 is 16.9 Å². The molecule has 1 aromatic carbocycles. The van der Waals surface area contributed by atoms with Crippen LogP contribution in [0.4, 0.5) is 0 Å². The van der Waals surface area contributed by atoms with Gasteiger partial charge in [0.2, 0.25) is 0 Å². The maximum Gasteiger partial charge on any atom is 0.341 e. The summed E-state index contributed by atoms with van der Waals surface area (Å²) in [6.07, 6.45) is 3.44. The molecular weight excluding hydrogens is 266 g/mol. The highest BCUT2D eigenvalue weighted by Crippen LogP contribution is 2.21. The molecule has 0 atom stereocenters. The first-order valence-corrected chi connectivity index (χ1v) is 6.78. The van der Waals surface area contributed by atoms with E-state index in [2.05, 4.69) is 10.1 Å². The molecule has 2 heterocycles. The lowest BCUT2D eigenvalue weighted by Crippen LogP contribution is -2.04. The summed E-state index contributed by atoms with van der Waals surface area (Å²) in [5.41, 5.74) is 2.91. The molecule has 0 bridgehead atoms. The number of hydrogen-bond acceptors (Lipinski definition) is 4. The van der Waals surface area contributed by atoms with Gasteiger partial charge in [0.25, 0.3) is 0 Å². The van der Waals surface area contributed by atoms with Gasteiger partial charge in [-0.25, -0.2) is 9.48 Å². The first-order valence-electron chi connectivity index (χ1n) is 6.78. The van der Waals surface area contributed by atoms with Crippen molar-refractivity contribution in [1.82, 2.24) is 14.8 Å². The van der Waals surface area contributed by atoms with Crippen LogP contribution in [0.5, 0.6) is 0 Å². The number of hydrogen-bond donors (Lipinski definition) is 0. The summed E-state index contributed by atoms with van der Waals surface area (Å²) in [4.78, 5) is 16.2. The van der Waals surface area contributed by atoms with Gasteiger partial charge >= 0.3 is 5.97 Å². The predicted molar refractivity (Wildman–Crippen MR) is 79.6 cm³/mol. The van der Waals surface area contributed by atoms with Crippen molar-refractivity contribution < 1.29 is 9.53 Å². The first kappa shape index (κ1) is 13.3. The van der Waals surface area contributed by atoms with E-state index in [0.29, 0.717) is 17.9 Å². The third-order valence-corrected chi connectivity index (χ3v) is 3.27. The number of rotatable bonds is 3. The van der Waals surface area contributed by atoms with Crippen LogP contribution in [-0.2, 0) is 4.74 Å². The standard InChI is InChI=1S/C16H15N3O2/c1-3-21-16(20)13-10-19(18-11(13)2)15-8-9-17-14-7-5-4-6-12(14)15/h4-10H,3H2,1-2H3. The van der Waals surface area contributed by atoms with Gasteiger partial charge in [0.05, 0.1) is 23.5 Å². The molecule has 0 aliphatic heterocycles. The van der Waals surface area contributed by atoms with Gasteiger partial charge < -0.3 is 4.74 Å². The Balaban J connectivity index is 2.12. The molecule has 3 aromatic rings. The average Bonchev–Trinajstić information content (AvgIpc) is 2.89. The highest BCUT2D eigenvalue weighted by molar-refractivity contribution is 5.91. The molecule has 3 rings (SSSR count). The average molecular weight is 281 g/mol. The Morgan fingerprint density at radius 2 is 2.10 bits per heavy atom. The summed E-state index contributed by atoms with van der Waals surface area (Å²) in [7, 11) is 0. The number of aryl methyl sites for hydroxylation is 1.